The molecule has 0 aromatic heterocycles. The number of hydrogen-bond donors (Lipinski definition) is 1. The highest BCUT2D eigenvalue weighted by Gasteiger charge is 2.71. The molecule has 0 bridgehead atoms. The number of allylic oxidation sites excluding steroid dienone is 1. The fraction of sp³-hybridized carbons (Fsp3) is 0.900. The van der Waals surface area contributed by atoms with E-state index in [2.05, 4.69) is 66.8 Å². The summed E-state index contributed by atoms with van der Waals surface area (Å²) < 4.78 is 6.28. The molecule has 0 saturated heterocycles. The summed E-state index contributed by atoms with van der Waals surface area (Å²) in [6, 6.07) is 0. The first-order chi connectivity index (χ1) is 20.9. The van der Waals surface area contributed by atoms with Gasteiger partial charge in [0.1, 0.15) is 6.10 Å². The van der Waals surface area contributed by atoms with Crippen molar-refractivity contribution in [3.05, 3.63) is 12.2 Å². The normalized spacial score (nSPS) is 43.8. The van der Waals surface area contributed by atoms with Crippen LogP contribution in [0.5, 0.6) is 0 Å². The van der Waals surface area contributed by atoms with Crippen molar-refractivity contribution >= 4 is 23.7 Å². The second-order valence-corrected chi connectivity index (χ2v) is 20.1. The number of esters is 1. The first kappa shape index (κ1) is 35.3. The van der Waals surface area contributed by atoms with Gasteiger partial charge in [-0.3, -0.25) is 9.59 Å². The molecule has 5 aliphatic carbocycles. The van der Waals surface area contributed by atoms with Crippen LogP contribution in [0.4, 0.5) is 0 Å². The largest absolute Gasteiger partial charge is 0.481 e. The predicted molar refractivity (Wildman–Crippen MR) is 187 cm³/mol. The number of carboxylic acids is 1. The summed E-state index contributed by atoms with van der Waals surface area (Å²) in [6.45, 7) is 25.8. The second-order valence-electron chi connectivity index (χ2n) is 18.7. The summed E-state index contributed by atoms with van der Waals surface area (Å²) in [4.78, 5) is 24.5. The Morgan fingerprint density at radius 1 is 0.889 bits per heavy atom. The molecule has 0 aliphatic heterocycles. The van der Waals surface area contributed by atoms with Crippen molar-refractivity contribution < 1.29 is 19.4 Å². The monoisotopic (exact) mass is 642 g/mol. The van der Waals surface area contributed by atoms with Gasteiger partial charge >= 0.3 is 11.9 Å². The second kappa shape index (κ2) is 12.2. The molecule has 5 aliphatic rings. The zero-order chi connectivity index (χ0) is 33.2. The van der Waals surface area contributed by atoms with Crippen molar-refractivity contribution in [2.45, 2.75) is 152 Å². The Labute approximate surface area is 280 Å². The van der Waals surface area contributed by atoms with Crippen molar-refractivity contribution in [2.75, 3.05) is 11.5 Å². The molecule has 0 radical (unpaired) electrons. The van der Waals surface area contributed by atoms with Crippen LogP contribution in [0, 0.1) is 62.1 Å². The molecule has 45 heavy (non-hydrogen) atoms. The van der Waals surface area contributed by atoms with E-state index in [1.165, 1.54) is 74.9 Å². The molecule has 4 nitrogen and oxygen atoms in total. The van der Waals surface area contributed by atoms with Gasteiger partial charge in [0, 0.05) is 5.41 Å². The van der Waals surface area contributed by atoms with Gasteiger partial charge in [0.15, 0.2) is 0 Å². The van der Waals surface area contributed by atoms with Gasteiger partial charge in [-0.05, 0) is 146 Å². The van der Waals surface area contributed by atoms with Crippen LogP contribution in [0.1, 0.15) is 146 Å². The molecule has 10 atom stereocenters. The van der Waals surface area contributed by atoms with E-state index < -0.39 is 11.4 Å². The number of ether oxygens (including phenoxy) is 1. The van der Waals surface area contributed by atoms with Gasteiger partial charge in [0.2, 0.25) is 0 Å². The number of thioether (sulfide) groups is 1. The fourth-order valence-corrected chi connectivity index (χ4v) is 14.2. The van der Waals surface area contributed by atoms with Crippen molar-refractivity contribution in [3.63, 3.8) is 0 Å². The molecule has 0 spiro atoms. The molecule has 5 heteroatoms. The minimum absolute atomic E-state index is 0.0241. The molecule has 256 valence electrons. The molecule has 1 N–H and O–H groups in total. The molecular weight excluding hydrogens is 577 g/mol. The highest BCUT2D eigenvalue weighted by atomic mass is 32.2. The van der Waals surface area contributed by atoms with E-state index in [1.807, 2.05) is 13.8 Å². The molecular formula is C40H66O4S. The van der Waals surface area contributed by atoms with Gasteiger partial charge in [0.25, 0.3) is 0 Å². The average molecular weight is 643 g/mol. The predicted octanol–water partition coefficient (Wildman–Crippen LogP) is 10.6. The van der Waals surface area contributed by atoms with Gasteiger partial charge in [-0.15, -0.1) is 0 Å². The molecule has 0 unspecified atom stereocenters. The lowest BCUT2D eigenvalue weighted by atomic mass is 9.32. The van der Waals surface area contributed by atoms with E-state index in [-0.39, 0.29) is 35.7 Å². The van der Waals surface area contributed by atoms with E-state index in [0.717, 1.165) is 24.7 Å². The van der Waals surface area contributed by atoms with Crippen molar-refractivity contribution in [3.8, 4) is 0 Å². The summed E-state index contributed by atoms with van der Waals surface area (Å²) in [6.07, 6.45) is 14.2. The lowest BCUT2D eigenvalue weighted by Gasteiger charge is -2.73. The number of hydrogen-bond acceptors (Lipinski definition) is 4. The number of rotatable bonds is 10. The number of carbonyl (C=O) groups is 2. The van der Waals surface area contributed by atoms with Crippen molar-refractivity contribution in [2.24, 2.45) is 62.1 Å². The standard InChI is InChI=1S/C40H66O4S/c1-11-45-23-22-40-19-14-27(26(2)3)34(40)28-12-13-30-37(8)17-16-31(44-33(43)25-35(4,5)24-32(41)42)36(6,7)29(37)15-18-39(30,10)38(28,9)20-21-40/h27-31,34H,2,11-25H2,1,3-10H3,(H,41,42)/t27-,28+,29-,30+,31-,34+,37-,38+,39+,40+/m0/s1. The quantitative estimate of drug-likeness (QED) is 0.146. The molecule has 5 fully saturated rings. The van der Waals surface area contributed by atoms with E-state index in [0.29, 0.717) is 34.0 Å². The van der Waals surface area contributed by atoms with Crippen LogP contribution in [0.25, 0.3) is 0 Å². The van der Waals surface area contributed by atoms with E-state index in [1.54, 1.807) is 0 Å². The van der Waals surface area contributed by atoms with Crippen molar-refractivity contribution in [1.82, 2.24) is 0 Å². The van der Waals surface area contributed by atoms with Crippen LogP contribution in [0.15, 0.2) is 12.2 Å². The third-order valence-electron chi connectivity index (χ3n) is 15.7. The maximum absolute atomic E-state index is 13.2. The van der Waals surface area contributed by atoms with Crippen LogP contribution in [-0.2, 0) is 14.3 Å². The van der Waals surface area contributed by atoms with E-state index in [4.69, 9.17) is 4.74 Å². The minimum atomic E-state index is -0.863. The summed E-state index contributed by atoms with van der Waals surface area (Å²) in [5.74, 6) is 4.95. The zero-order valence-corrected chi connectivity index (χ0v) is 31.2. The summed E-state index contributed by atoms with van der Waals surface area (Å²) in [7, 11) is 0. The molecule has 0 aromatic carbocycles. The van der Waals surface area contributed by atoms with Crippen LogP contribution < -0.4 is 0 Å². The summed E-state index contributed by atoms with van der Waals surface area (Å²) in [5.41, 5.74) is 2.18. The summed E-state index contributed by atoms with van der Waals surface area (Å²) in [5, 5.41) is 9.31. The first-order valence-electron chi connectivity index (χ1n) is 18.5. The molecule has 5 rings (SSSR count). The van der Waals surface area contributed by atoms with Crippen LogP contribution in [-0.4, -0.2) is 34.7 Å². The van der Waals surface area contributed by atoms with Crippen LogP contribution in [0.2, 0.25) is 0 Å². The number of carboxylic acid groups (broad SMARTS) is 1. The van der Waals surface area contributed by atoms with Gasteiger partial charge in [-0.1, -0.05) is 67.5 Å². The number of fused-ring (bicyclic) bond motifs is 7. The Morgan fingerprint density at radius 2 is 1.60 bits per heavy atom. The highest BCUT2D eigenvalue weighted by molar-refractivity contribution is 7.99. The lowest BCUT2D eigenvalue weighted by Crippen LogP contribution is -2.66. The van der Waals surface area contributed by atoms with Crippen LogP contribution >= 0.6 is 11.8 Å². The van der Waals surface area contributed by atoms with E-state index in [9.17, 15) is 14.7 Å². The van der Waals surface area contributed by atoms with Crippen LogP contribution in [0.3, 0.4) is 0 Å². The molecule has 0 heterocycles. The lowest BCUT2D eigenvalue weighted by molar-refractivity contribution is -0.250. The Hall–Kier alpha value is -0.970. The first-order valence-corrected chi connectivity index (χ1v) is 19.7. The highest BCUT2D eigenvalue weighted by Crippen LogP contribution is 2.78. The summed E-state index contributed by atoms with van der Waals surface area (Å²) >= 11 is 2.14. The van der Waals surface area contributed by atoms with Gasteiger partial charge in [-0.25, -0.2) is 0 Å². The smallest absolute Gasteiger partial charge is 0.306 e. The number of aliphatic carboxylic acids is 1. The van der Waals surface area contributed by atoms with Gasteiger partial charge in [-0.2, -0.15) is 11.8 Å². The third-order valence-corrected chi connectivity index (χ3v) is 16.6. The average Bonchev–Trinajstić information content (AvgIpc) is 3.30. The third kappa shape index (κ3) is 5.77. The molecule has 0 amide bonds. The molecule has 0 aromatic rings. The Morgan fingerprint density at radius 3 is 2.24 bits per heavy atom. The zero-order valence-electron chi connectivity index (χ0n) is 30.4. The Balaban J connectivity index is 1.38. The fourth-order valence-electron chi connectivity index (χ4n) is 13.4. The minimum Gasteiger partial charge on any atom is -0.481 e. The van der Waals surface area contributed by atoms with E-state index >= 15 is 0 Å². The number of carbonyl (C=O) groups excluding carboxylic acids is 1. The SMILES string of the molecule is C=C(C)[C@@H]1CC[C@]2(CCSCC)CC[C@]3(C)[C@H](CC[C@@H]4[C@@]5(C)CC[C@H](OC(=O)CC(C)(C)CC(=O)O)C(C)(C)[C@@H]5CC[C@]43C)[C@@H]12. The van der Waals surface area contributed by atoms with Crippen molar-refractivity contribution in [1.29, 1.82) is 0 Å². The topological polar surface area (TPSA) is 63.6 Å². The van der Waals surface area contributed by atoms with Gasteiger partial charge < -0.3 is 9.84 Å². The maximum Gasteiger partial charge on any atom is 0.306 e. The van der Waals surface area contributed by atoms with Gasteiger partial charge in [0.05, 0.1) is 12.8 Å². The molecule has 5 saturated carbocycles. The maximum atomic E-state index is 13.2. The Kier molecular flexibility index (Phi) is 9.56. The Bertz CT molecular complexity index is 1160.